The predicted molar refractivity (Wildman–Crippen MR) is 79.0 cm³/mol. The van der Waals surface area contributed by atoms with Crippen molar-refractivity contribution in [2.45, 2.75) is 45.7 Å². The third kappa shape index (κ3) is 2.48. The van der Waals surface area contributed by atoms with Crippen LogP contribution in [0.15, 0.2) is 28.9 Å². The van der Waals surface area contributed by atoms with Crippen LogP contribution in [0.2, 0.25) is 0 Å². The summed E-state index contributed by atoms with van der Waals surface area (Å²) >= 11 is 0. The Labute approximate surface area is 124 Å². The van der Waals surface area contributed by atoms with Gasteiger partial charge in [0, 0.05) is 31.0 Å². The fourth-order valence-electron chi connectivity index (χ4n) is 3.01. The highest BCUT2D eigenvalue weighted by molar-refractivity contribution is 5.91. The predicted octanol–water partition coefficient (Wildman–Crippen LogP) is 3.04. The number of carbonyl (C=O) groups excluding carboxylic acids is 1. The smallest absolute Gasteiger partial charge is 0.293 e. The average Bonchev–Trinajstić information content (AvgIpc) is 3.16. The second kappa shape index (κ2) is 5.76. The summed E-state index contributed by atoms with van der Waals surface area (Å²) in [5, 5.41) is 3.93. The molecule has 1 aliphatic heterocycles. The summed E-state index contributed by atoms with van der Waals surface area (Å²) in [4.78, 5) is 14.7. The van der Waals surface area contributed by atoms with Crippen molar-refractivity contribution in [2.24, 2.45) is 0 Å². The van der Waals surface area contributed by atoms with Gasteiger partial charge in [0.2, 0.25) is 5.76 Å². The lowest BCUT2D eigenvalue weighted by Gasteiger charge is -2.36. The molecule has 3 rings (SSSR count). The Balaban J connectivity index is 1.88. The molecule has 21 heavy (non-hydrogen) atoms. The van der Waals surface area contributed by atoms with E-state index >= 15 is 0 Å². The first-order valence-electron chi connectivity index (χ1n) is 7.66. The fourth-order valence-corrected chi connectivity index (χ4v) is 3.01. The quantitative estimate of drug-likeness (QED) is 0.868. The number of fused-ring (bicyclic) bond motifs is 1. The van der Waals surface area contributed by atoms with Crippen molar-refractivity contribution in [1.82, 2.24) is 14.6 Å². The molecule has 3 heterocycles. The first-order valence-corrected chi connectivity index (χ1v) is 7.66. The van der Waals surface area contributed by atoms with Crippen molar-refractivity contribution >= 4 is 5.91 Å². The third-order valence-electron chi connectivity index (χ3n) is 4.12. The van der Waals surface area contributed by atoms with Gasteiger partial charge in [0.15, 0.2) is 0 Å². The number of nitrogens with zero attached hydrogens (tertiary/aromatic N) is 3. The number of hydrogen-bond acceptors (Lipinski definition) is 3. The Morgan fingerprint density at radius 3 is 3.00 bits per heavy atom. The third-order valence-corrected chi connectivity index (χ3v) is 4.12. The molecule has 2 aromatic rings. The first kappa shape index (κ1) is 13.9. The van der Waals surface area contributed by atoms with E-state index in [0.717, 1.165) is 31.5 Å². The Kier molecular flexibility index (Phi) is 3.82. The molecule has 0 fully saturated rings. The lowest BCUT2D eigenvalue weighted by atomic mass is 10.0. The molecule has 1 aliphatic rings. The summed E-state index contributed by atoms with van der Waals surface area (Å²) in [5.74, 6) is 0.307. The van der Waals surface area contributed by atoms with E-state index in [1.807, 2.05) is 11.8 Å². The van der Waals surface area contributed by atoms with Gasteiger partial charge in [-0.2, -0.15) is 0 Å². The maximum absolute atomic E-state index is 12.7. The fraction of sp³-hybridized carbons (Fsp3) is 0.500. The SMILES string of the molecule is CCC[C@@H]1c2cccn2CCN1C(=O)c1cc(CC)no1. The summed E-state index contributed by atoms with van der Waals surface area (Å²) in [7, 11) is 0. The number of amides is 1. The molecule has 1 atom stereocenters. The van der Waals surface area contributed by atoms with Gasteiger partial charge in [0.25, 0.3) is 5.91 Å². The minimum Gasteiger partial charge on any atom is -0.351 e. The van der Waals surface area contributed by atoms with Crippen LogP contribution in [0.3, 0.4) is 0 Å². The zero-order valence-electron chi connectivity index (χ0n) is 12.6. The maximum atomic E-state index is 12.7. The molecule has 5 heteroatoms. The van der Waals surface area contributed by atoms with E-state index in [0.29, 0.717) is 12.3 Å². The van der Waals surface area contributed by atoms with E-state index in [9.17, 15) is 4.79 Å². The van der Waals surface area contributed by atoms with Gasteiger partial charge in [0.1, 0.15) is 0 Å². The van der Waals surface area contributed by atoms with E-state index in [1.165, 1.54) is 5.69 Å². The standard InChI is InChI=1S/C16H21N3O2/c1-3-6-14-13-7-5-8-18(13)9-10-19(14)16(20)15-11-12(4-2)17-21-15/h5,7-8,11,14H,3-4,6,9-10H2,1-2H3/t14-/m1/s1. The zero-order chi connectivity index (χ0) is 14.8. The Bertz CT molecular complexity index is 629. The van der Waals surface area contributed by atoms with Crippen molar-refractivity contribution in [3.05, 3.63) is 41.5 Å². The van der Waals surface area contributed by atoms with Crippen LogP contribution < -0.4 is 0 Å². The second-order valence-electron chi connectivity index (χ2n) is 5.47. The first-order chi connectivity index (χ1) is 10.2. The van der Waals surface area contributed by atoms with Crippen molar-refractivity contribution in [1.29, 1.82) is 0 Å². The molecular weight excluding hydrogens is 266 g/mol. The van der Waals surface area contributed by atoms with Gasteiger partial charge in [-0.15, -0.1) is 0 Å². The van der Waals surface area contributed by atoms with Crippen LogP contribution in [0.1, 0.15) is 54.7 Å². The molecule has 0 unspecified atom stereocenters. The van der Waals surface area contributed by atoms with Crippen LogP contribution in [0.5, 0.6) is 0 Å². The Morgan fingerprint density at radius 2 is 2.29 bits per heavy atom. The number of aryl methyl sites for hydroxylation is 1. The van der Waals surface area contributed by atoms with E-state index in [2.05, 4.69) is 35.0 Å². The van der Waals surface area contributed by atoms with Gasteiger partial charge in [-0.3, -0.25) is 4.79 Å². The van der Waals surface area contributed by atoms with E-state index in [-0.39, 0.29) is 11.9 Å². The van der Waals surface area contributed by atoms with E-state index < -0.39 is 0 Å². The molecule has 0 bridgehead atoms. The molecule has 0 radical (unpaired) electrons. The van der Waals surface area contributed by atoms with Crippen molar-refractivity contribution in [3.8, 4) is 0 Å². The molecule has 0 saturated heterocycles. The van der Waals surface area contributed by atoms with Gasteiger partial charge in [-0.1, -0.05) is 25.4 Å². The lowest BCUT2D eigenvalue weighted by molar-refractivity contribution is 0.0568. The second-order valence-corrected chi connectivity index (χ2v) is 5.47. The highest BCUT2D eigenvalue weighted by Gasteiger charge is 2.32. The van der Waals surface area contributed by atoms with Gasteiger partial charge in [-0.05, 0) is 25.0 Å². The summed E-state index contributed by atoms with van der Waals surface area (Å²) < 4.78 is 7.46. The molecule has 0 N–H and O–H groups in total. The topological polar surface area (TPSA) is 51.3 Å². The molecule has 0 spiro atoms. The van der Waals surface area contributed by atoms with Crippen molar-refractivity contribution in [2.75, 3.05) is 6.54 Å². The number of carbonyl (C=O) groups is 1. The summed E-state index contributed by atoms with van der Waals surface area (Å²) in [5.41, 5.74) is 2.04. The molecule has 112 valence electrons. The highest BCUT2D eigenvalue weighted by atomic mass is 16.5. The van der Waals surface area contributed by atoms with Crippen LogP contribution in [0.25, 0.3) is 0 Å². The molecule has 1 amide bonds. The largest absolute Gasteiger partial charge is 0.351 e. The van der Waals surface area contributed by atoms with Crippen LogP contribution in [0.4, 0.5) is 0 Å². The lowest BCUT2D eigenvalue weighted by Crippen LogP contribution is -2.41. The van der Waals surface area contributed by atoms with E-state index in [4.69, 9.17) is 4.52 Å². The van der Waals surface area contributed by atoms with E-state index in [1.54, 1.807) is 6.07 Å². The summed E-state index contributed by atoms with van der Waals surface area (Å²) in [6.07, 6.45) is 4.86. The van der Waals surface area contributed by atoms with Gasteiger partial charge >= 0.3 is 0 Å². The molecule has 2 aromatic heterocycles. The van der Waals surface area contributed by atoms with Crippen LogP contribution in [-0.2, 0) is 13.0 Å². The summed E-state index contributed by atoms with van der Waals surface area (Å²) in [6, 6.07) is 6.05. The van der Waals surface area contributed by atoms with Crippen LogP contribution in [0, 0.1) is 0 Å². The zero-order valence-corrected chi connectivity index (χ0v) is 12.6. The molecular formula is C16H21N3O2. The number of rotatable bonds is 4. The van der Waals surface area contributed by atoms with Crippen LogP contribution in [-0.4, -0.2) is 27.1 Å². The summed E-state index contributed by atoms with van der Waals surface area (Å²) in [6.45, 7) is 5.70. The Morgan fingerprint density at radius 1 is 1.43 bits per heavy atom. The normalized spacial score (nSPS) is 17.8. The maximum Gasteiger partial charge on any atom is 0.293 e. The minimum atomic E-state index is -0.0481. The average molecular weight is 287 g/mol. The minimum absolute atomic E-state index is 0.0481. The monoisotopic (exact) mass is 287 g/mol. The number of hydrogen-bond donors (Lipinski definition) is 0. The molecule has 0 aliphatic carbocycles. The van der Waals surface area contributed by atoms with Crippen molar-refractivity contribution < 1.29 is 9.32 Å². The van der Waals surface area contributed by atoms with Gasteiger partial charge in [0.05, 0.1) is 11.7 Å². The van der Waals surface area contributed by atoms with Crippen molar-refractivity contribution in [3.63, 3.8) is 0 Å². The van der Waals surface area contributed by atoms with Gasteiger partial charge < -0.3 is 14.0 Å². The van der Waals surface area contributed by atoms with Gasteiger partial charge in [-0.25, -0.2) is 0 Å². The molecule has 5 nitrogen and oxygen atoms in total. The molecule has 0 aromatic carbocycles. The van der Waals surface area contributed by atoms with Crippen LogP contribution >= 0.6 is 0 Å². The highest BCUT2D eigenvalue weighted by Crippen LogP contribution is 2.31. The number of aromatic nitrogens is 2. The Hall–Kier alpha value is -2.04. The molecule has 0 saturated carbocycles.